The third kappa shape index (κ3) is 3.75. The Morgan fingerprint density at radius 1 is 0.750 bits per heavy atom. The number of unbranched alkanes of at least 4 members (excludes halogenated alkanes) is 3. The molecule has 0 fully saturated rings. The Hall–Kier alpha value is -1.94. The Labute approximate surface area is 150 Å². The van der Waals surface area contributed by atoms with E-state index in [2.05, 4.69) is 40.2 Å². The number of hydrogen-bond donors (Lipinski definition) is 0. The molecular weight excluding hydrogens is 366 g/mol. The second-order valence-electron chi connectivity index (χ2n) is 6.10. The minimum Gasteiger partial charge on any atom is -0.274 e. The van der Waals surface area contributed by atoms with Crippen molar-refractivity contribution in [3.63, 3.8) is 0 Å². The predicted molar refractivity (Wildman–Crippen MR) is 98.1 cm³/mol. The zero-order valence-electron chi connectivity index (χ0n) is 13.5. The molecule has 4 heteroatoms. The number of fused-ring (bicyclic) bond motifs is 1. The van der Waals surface area contributed by atoms with Crippen LogP contribution in [0.3, 0.4) is 0 Å². The highest BCUT2D eigenvalue weighted by atomic mass is 79.9. The van der Waals surface area contributed by atoms with Crippen LogP contribution in [0.1, 0.15) is 52.0 Å². The van der Waals surface area contributed by atoms with Gasteiger partial charge in [0, 0.05) is 11.0 Å². The molecule has 0 aliphatic carbocycles. The predicted octanol–water partition coefficient (Wildman–Crippen LogP) is 4.85. The van der Waals surface area contributed by atoms with Gasteiger partial charge in [-0.2, -0.15) is 0 Å². The van der Waals surface area contributed by atoms with Crippen molar-refractivity contribution in [2.24, 2.45) is 0 Å². The van der Waals surface area contributed by atoms with E-state index in [1.165, 1.54) is 10.5 Å². The number of carbonyl (C=O) groups is 2. The average molecular weight is 386 g/mol. The number of aryl methyl sites for hydroxylation is 1. The Bertz CT molecular complexity index is 705. The summed E-state index contributed by atoms with van der Waals surface area (Å²) in [6.07, 6.45) is 5.21. The highest BCUT2D eigenvalue weighted by molar-refractivity contribution is 9.10. The fourth-order valence-corrected chi connectivity index (χ4v) is 3.31. The van der Waals surface area contributed by atoms with E-state index in [9.17, 15) is 9.59 Å². The van der Waals surface area contributed by atoms with Crippen molar-refractivity contribution in [1.29, 1.82) is 0 Å². The van der Waals surface area contributed by atoms with Crippen LogP contribution in [0, 0.1) is 0 Å². The summed E-state index contributed by atoms with van der Waals surface area (Å²) in [5.41, 5.74) is 2.43. The van der Waals surface area contributed by atoms with Gasteiger partial charge in [-0.3, -0.25) is 14.5 Å². The summed E-state index contributed by atoms with van der Waals surface area (Å²) in [4.78, 5) is 25.9. The highest BCUT2D eigenvalue weighted by Gasteiger charge is 2.34. The van der Waals surface area contributed by atoms with Gasteiger partial charge in [-0.1, -0.05) is 53.0 Å². The molecule has 0 saturated carbocycles. The number of imide groups is 1. The first-order chi connectivity index (χ1) is 11.7. The van der Waals surface area contributed by atoms with E-state index < -0.39 is 0 Å². The molecule has 1 aliphatic rings. The SMILES string of the molecule is O=C1c2ccccc2C(=O)N1CCCCCCc1ccc(Br)cc1. The molecule has 0 atom stereocenters. The molecule has 1 aliphatic heterocycles. The van der Waals surface area contributed by atoms with E-state index in [4.69, 9.17) is 0 Å². The minimum atomic E-state index is -0.148. The molecule has 1 heterocycles. The van der Waals surface area contributed by atoms with Crippen molar-refractivity contribution in [1.82, 2.24) is 4.90 Å². The molecule has 0 radical (unpaired) electrons. The molecule has 0 spiro atoms. The van der Waals surface area contributed by atoms with Crippen molar-refractivity contribution < 1.29 is 9.59 Å². The normalized spacial score (nSPS) is 13.5. The van der Waals surface area contributed by atoms with Gasteiger partial charge in [0.05, 0.1) is 11.1 Å². The fraction of sp³-hybridized carbons (Fsp3) is 0.300. The molecule has 2 aromatic carbocycles. The number of benzene rings is 2. The lowest BCUT2D eigenvalue weighted by molar-refractivity contribution is 0.0651. The molecule has 3 rings (SSSR count). The smallest absolute Gasteiger partial charge is 0.261 e. The van der Waals surface area contributed by atoms with Crippen LogP contribution in [0.15, 0.2) is 53.0 Å². The average Bonchev–Trinajstić information content (AvgIpc) is 2.84. The summed E-state index contributed by atoms with van der Waals surface area (Å²) >= 11 is 3.44. The van der Waals surface area contributed by atoms with Gasteiger partial charge in [0.15, 0.2) is 0 Å². The minimum absolute atomic E-state index is 0.148. The molecule has 0 bridgehead atoms. The maximum atomic E-state index is 12.2. The van der Waals surface area contributed by atoms with E-state index >= 15 is 0 Å². The number of carbonyl (C=O) groups excluding carboxylic acids is 2. The molecule has 24 heavy (non-hydrogen) atoms. The second-order valence-corrected chi connectivity index (χ2v) is 7.01. The van der Waals surface area contributed by atoms with Crippen LogP contribution in [-0.4, -0.2) is 23.3 Å². The highest BCUT2D eigenvalue weighted by Crippen LogP contribution is 2.23. The van der Waals surface area contributed by atoms with Gasteiger partial charge < -0.3 is 0 Å². The topological polar surface area (TPSA) is 37.4 Å². The summed E-state index contributed by atoms with van der Waals surface area (Å²) < 4.78 is 1.10. The third-order valence-corrected chi connectivity index (χ3v) is 4.92. The summed E-state index contributed by atoms with van der Waals surface area (Å²) in [7, 11) is 0. The van der Waals surface area contributed by atoms with E-state index in [1.54, 1.807) is 24.3 Å². The van der Waals surface area contributed by atoms with Crippen LogP contribution in [0.5, 0.6) is 0 Å². The van der Waals surface area contributed by atoms with Crippen LogP contribution in [-0.2, 0) is 6.42 Å². The number of halogens is 1. The van der Waals surface area contributed by atoms with Crippen molar-refractivity contribution in [3.8, 4) is 0 Å². The lowest BCUT2D eigenvalue weighted by Crippen LogP contribution is -2.30. The second kappa shape index (κ2) is 7.75. The Morgan fingerprint density at radius 3 is 1.96 bits per heavy atom. The molecule has 2 aromatic rings. The van der Waals surface area contributed by atoms with Gasteiger partial charge >= 0.3 is 0 Å². The summed E-state index contributed by atoms with van der Waals surface area (Å²) in [6.45, 7) is 0.518. The first-order valence-electron chi connectivity index (χ1n) is 8.36. The van der Waals surface area contributed by atoms with Crippen molar-refractivity contribution in [3.05, 3.63) is 69.7 Å². The molecule has 0 unspecified atom stereocenters. The largest absolute Gasteiger partial charge is 0.274 e. The van der Waals surface area contributed by atoms with Crippen LogP contribution < -0.4 is 0 Å². The van der Waals surface area contributed by atoms with E-state index in [0.29, 0.717) is 17.7 Å². The standard InChI is InChI=1S/C20H20BrNO2/c21-16-12-10-15(11-13-16)7-3-1-2-6-14-22-19(23)17-8-4-5-9-18(17)20(22)24/h4-5,8-13H,1-3,6-7,14H2. The first-order valence-corrected chi connectivity index (χ1v) is 9.16. The maximum Gasteiger partial charge on any atom is 0.261 e. The number of amides is 2. The van der Waals surface area contributed by atoms with Crippen molar-refractivity contribution in [2.45, 2.75) is 32.1 Å². The monoisotopic (exact) mass is 385 g/mol. The molecule has 124 valence electrons. The van der Waals surface area contributed by atoms with E-state index in [1.807, 2.05) is 0 Å². The summed E-state index contributed by atoms with van der Waals surface area (Å²) in [5, 5.41) is 0. The molecular formula is C20H20BrNO2. The summed E-state index contributed by atoms with van der Waals surface area (Å²) in [5.74, 6) is -0.295. The summed E-state index contributed by atoms with van der Waals surface area (Å²) in [6, 6.07) is 15.5. The lowest BCUT2D eigenvalue weighted by atomic mass is 10.1. The third-order valence-electron chi connectivity index (χ3n) is 4.39. The molecule has 0 N–H and O–H groups in total. The van der Waals surface area contributed by atoms with Crippen LogP contribution in [0.2, 0.25) is 0 Å². The zero-order valence-corrected chi connectivity index (χ0v) is 15.1. The molecule has 0 saturated heterocycles. The van der Waals surface area contributed by atoms with Crippen molar-refractivity contribution >= 4 is 27.7 Å². The van der Waals surface area contributed by atoms with Crippen LogP contribution in [0.25, 0.3) is 0 Å². The fourth-order valence-electron chi connectivity index (χ4n) is 3.05. The lowest BCUT2D eigenvalue weighted by Gasteiger charge is -2.13. The van der Waals surface area contributed by atoms with Crippen LogP contribution >= 0.6 is 15.9 Å². The van der Waals surface area contributed by atoms with Gasteiger partial charge in [0.2, 0.25) is 0 Å². The van der Waals surface area contributed by atoms with E-state index in [-0.39, 0.29) is 11.8 Å². The van der Waals surface area contributed by atoms with Gasteiger partial charge in [-0.25, -0.2) is 0 Å². The number of nitrogens with zero attached hydrogens (tertiary/aromatic N) is 1. The van der Waals surface area contributed by atoms with Gasteiger partial charge in [-0.05, 0) is 49.1 Å². The Balaban J connectivity index is 1.39. The van der Waals surface area contributed by atoms with Crippen molar-refractivity contribution in [2.75, 3.05) is 6.54 Å². The van der Waals surface area contributed by atoms with Gasteiger partial charge in [-0.15, -0.1) is 0 Å². The first kappa shape index (κ1) is 16.9. The van der Waals surface area contributed by atoms with Gasteiger partial charge in [0.1, 0.15) is 0 Å². The molecule has 2 amide bonds. The number of hydrogen-bond acceptors (Lipinski definition) is 2. The maximum absolute atomic E-state index is 12.2. The Kier molecular flexibility index (Phi) is 5.46. The quantitative estimate of drug-likeness (QED) is 0.504. The molecule has 3 nitrogen and oxygen atoms in total. The number of rotatable bonds is 7. The Morgan fingerprint density at radius 2 is 1.33 bits per heavy atom. The van der Waals surface area contributed by atoms with E-state index in [0.717, 1.165) is 36.6 Å². The zero-order chi connectivity index (χ0) is 16.9. The van der Waals surface area contributed by atoms with Gasteiger partial charge in [0.25, 0.3) is 11.8 Å². The van der Waals surface area contributed by atoms with Crippen LogP contribution in [0.4, 0.5) is 0 Å². The molecule has 0 aromatic heterocycles.